The minimum atomic E-state index is -0.454. The van der Waals surface area contributed by atoms with E-state index in [1.807, 2.05) is 0 Å². The molecule has 1 unspecified atom stereocenters. The standard InChI is InChI=1S/C11H14N2O4S/c1-16-10(14)9-8(3-5-18-9)13-11(15)12-7-2-4-17-6-7/h3,5,7H,2,4,6H2,1H3,(H2,12,13,15). The summed E-state index contributed by atoms with van der Waals surface area (Å²) in [6.07, 6.45) is 0.806. The molecular weight excluding hydrogens is 256 g/mol. The van der Waals surface area contributed by atoms with Crippen molar-refractivity contribution in [3.05, 3.63) is 16.3 Å². The van der Waals surface area contributed by atoms with E-state index < -0.39 is 5.97 Å². The zero-order valence-corrected chi connectivity index (χ0v) is 10.7. The first-order chi connectivity index (χ1) is 8.70. The molecule has 0 aliphatic carbocycles. The summed E-state index contributed by atoms with van der Waals surface area (Å²) in [5.74, 6) is -0.454. The van der Waals surface area contributed by atoms with Gasteiger partial charge in [-0.25, -0.2) is 9.59 Å². The Kier molecular flexibility index (Phi) is 4.16. The highest BCUT2D eigenvalue weighted by atomic mass is 32.1. The van der Waals surface area contributed by atoms with Crippen molar-refractivity contribution in [2.24, 2.45) is 0 Å². The number of carbonyl (C=O) groups is 2. The normalized spacial score (nSPS) is 18.4. The second-order valence-electron chi connectivity index (χ2n) is 3.81. The van der Waals surface area contributed by atoms with Crippen LogP contribution in [0.3, 0.4) is 0 Å². The zero-order valence-electron chi connectivity index (χ0n) is 9.89. The summed E-state index contributed by atoms with van der Waals surface area (Å²) >= 11 is 1.23. The van der Waals surface area contributed by atoms with Gasteiger partial charge in [0.15, 0.2) is 0 Å². The van der Waals surface area contributed by atoms with Crippen molar-refractivity contribution in [3.63, 3.8) is 0 Å². The van der Waals surface area contributed by atoms with Crippen LogP contribution in [0.25, 0.3) is 0 Å². The molecule has 7 heteroatoms. The molecule has 1 aliphatic heterocycles. The third-order valence-electron chi connectivity index (χ3n) is 2.55. The fourth-order valence-electron chi connectivity index (χ4n) is 1.65. The van der Waals surface area contributed by atoms with Crippen LogP contribution in [0.1, 0.15) is 16.1 Å². The van der Waals surface area contributed by atoms with Gasteiger partial charge in [0, 0.05) is 6.61 Å². The summed E-state index contributed by atoms with van der Waals surface area (Å²) in [4.78, 5) is 23.5. The molecule has 1 aromatic heterocycles. The average Bonchev–Trinajstić information content (AvgIpc) is 2.99. The largest absolute Gasteiger partial charge is 0.465 e. The lowest BCUT2D eigenvalue weighted by Crippen LogP contribution is -2.38. The highest BCUT2D eigenvalue weighted by molar-refractivity contribution is 7.12. The van der Waals surface area contributed by atoms with Gasteiger partial charge in [0.25, 0.3) is 0 Å². The number of anilines is 1. The van der Waals surface area contributed by atoms with E-state index in [-0.39, 0.29) is 12.1 Å². The van der Waals surface area contributed by atoms with Crippen molar-refractivity contribution in [1.82, 2.24) is 5.32 Å². The summed E-state index contributed by atoms with van der Waals surface area (Å²) in [7, 11) is 1.31. The van der Waals surface area contributed by atoms with E-state index in [1.54, 1.807) is 11.4 Å². The molecule has 18 heavy (non-hydrogen) atoms. The molecule has 2 N–H and O–H groups in total. The van der Waals surface area contributed by atoms with Gasteiger partial charge in [-0.1, -0.05) is 0 Å². The van der Waals surface area contributed by atoms with Gasteiger partial charge in [0.1, 0.15) is 4.88 Å². The Morgan fingerprint density at radius 3 is 3.06 bits per heavy atom. The van der Waals surface area contributed by atoms with Gasteiger partial charge < -0.3 is 20.1 Å². The Morgan fingerprint density at radius 2 is 2.39 bits per heavy atom. The van der Waals surface area contributed by atoms with Crippen LogP contribution in [0, 0.1) is 0 Å². The number of nitrogens with one attached hydrogen (secondary N) is 2. The average molecular weight is 270 g/mol. The van der Waals surface area contributed by atoms with Crippen molar-refractivity contribution >= 4 is 29.0 Å². The van der Waals surface area contributed by atoms with Crippen LogP contribution in [0.5, 0.6) is 0 Å². The maximum atomic E-state index is 11.7. The van der Waals surface area contributed by atoms with Crippen LogP contribution in [-0.2, 0) is 9.47 Å². The van der Waals surface area contributed by atoms with Crippen LogP contribution in [0.2, 0.25) is 0 Å². The number of carbonyl (C=O) groups excluding carboxylic acids is 2. The number of amides is 2. The van der Waals surface area contributed by atoms with Gasteiger partial charge in [0.2, 0.25) is 0 Å². The van der Waals surface area contributed by atoms with E-state index in [1.165, 1.54) is 18.4 Å². The van der Waals surface area contributed by atoms with E-state index in [9.17, 15) is 9.59 Å². The first-order valence-electron chi connectivity index (χ1n) is 5.51. The van der Waals surface area contributed by atoms with E-state index in [0.29, 0.717) is 23.8 Å². The Labute approximate surface area is 108 Å². The SMILES string of the molecule is COC(=O)c1sccc1NC(=O)NC1CCOC1. The third-order valence-corrected chi connectivity index (χ3v) is 3.44. The number of hydrogen-bond donors (Lipinski definition) is 2. The molecule has 1 saturated heterocycles. The van der Waals surface area contributed by atoms with Crippen molar-refractivity contribution in [3.8, 4) is 0 Å². The molecule has 6 nitrogen and oxygen atoms in total. The zero-order chi connectivity index (χ0) is 13.0. The van der Waals surface area contributed by atoms with Crippen LogP contribution in [-0.4, -0.2) is 38.4 Å². The second-order valence-corrected chi connectivity index (χ2v) is 4.73. The predicted molar refractivity (Wildman–Crippen MR) is 67.0 cm³/mol. The van der Waals surface area contributed by atoms with E-state index in [4.69, 9.17) is 4.74 Å². The summed E-state index contributed by atoms with van der Waals surface area (Å²) in [6.45, 7) is 1.19. The maximum absolute atomic E-state index is 11.7. The van der Waals surface area contributed by atoms with Crippen molar-refractivity contribution < 1.29 is 19.1 Å². The molecule has 0 aromatic carbocycles. The number of rotatable bonds is 3. The Bertz CT molecular complexity index is 440. The quantitative estimate of drug-likeness (QED) is 0.815. The molecule has 1 atom stereocenters. The monoisotopic (exact) mass is 270 g/mol. The second kappa shape index (κ2) is 5.83. The number of thiophene rings is 1. The third kappa shape index (κ3) is 2.99. The van der Waals surface area contributed by atoms with Crippen LogP contribution < -0.4 is 10.6 Å². The fourth-order valence-corrected chi connectivity index (χ4v) is 2.42. The summed E-state index contributed by atoms with van der Waals surface area (Å²) < 4.78 is 9.79. The van der Waals surface area contributed by atoms with E-state index in [2.05, 4.69) is 15.4 Å². The molecule has 1 fully saturated rings. The van der Waals surface area contributed by atoms with Gasteiger partial charge >= 0.3 is 12.0 Å². The molecule has 1 aliphatic rings. The van der Waals surface area contributed by atoms with Gasteiger partial charge in [-0.05, 0) is 17.9 Å². The molecule has 0 saturated carbocycles. The molecule has 0 radical (unpaired) electrons. The van der Waals surface area contributed by atoms with Gasteiger partial charge in [-0.15, -0.1) is 11.3 Å². The highest BCUT2D eigenvalue weighted by Gasteiger charge is 2.20. The van der Waals surface area contributed by atoms with Crippen molar-refractivity contribution in [2.45, 2.75) is 12.5 Å². The smallest absolute Gasteiger partial charge is 0.350 e. The molecule has 2 amide bonds. The molecule has 2 heterocycles. The Hall–Kier alpha value is -1.60. The lowest BCUT2D eigenvalue weighted by atomic mass is 10.3. The van der Waals surface area contributed by atoms with E-state index >= 15 is 0 Å². The number of hydrogen-bond acceptors (Lipinski definition) is 5. The van der Waals surface area contributed by atoms with E-state index in [0.717, 1.165) is 6.42 Å². The number of urea groups is 1. The molecule has 98 valence electrons. The predicted octanol–water partition coefficient (Wildman–Crippen LogP) is 1.45. The molecular formula is C11H14N2O4S. The van der Waals surface area contributed by atoms with Crippen LogP contribution in [0.4, 0.5) is 10.5 Å². The van der Waals surface area contributed by atoms with Gasteiger partial charge in [-0.3, -0.25) is 0 Å². The molecule has 1 aromatic rings. The molecule has 0 bridgehead atoms. The molecule has 0 spiro atoms. The van der Waals surface area contributed by atoms with Gasteiger partial charge in [-0.2, -0.15) is 0 Å². The minimum Gasteiger partial charge on any atom is -0.465 e. The first kappa shape index (κ1) is 12.8. The summed E-state index contributed by atoms with van der Waals surface area (Å²) in [6, 6.07) is 1.36. The Morgan fingerprint density at radius 1 is 1.56 bits per heavy atom. The fraction of sp³-hybridized carbons (Fsp3) is 0.455. The number of ether oxygens (including phenoxy) is 2. The summed E-state index contributed by atoms with van der Waals surface area (Å²) in [5.41, 5.74) is 0.461. The lowest BCUT2D eigenvalue weighted by Gasteiger charge is -2.11. The number of esters is 1. The maximum Gasteiger partial charge on any atom is 0.350 e. The highest BCUT2D eigenvalue weighted by Crippen LogP contribution is 2.23. The topological polar surface area (TPSA) is 76.7 Å². The van der Waals surface area contributed by atoms with Gasteiger partial charge in [0.05, 0.1) is 25.4 Å². The Balaban J connectivity index is 1.94. The number of methoxy groups -OCH3 is 1. The van der Waals surface area contributed by atoms with Crippen LogP contribution in [0.15, 0.2) is 11.4 Å². The lowest BCUT2D eigenvalue weighted by molar-refractivity contribution is 0.0607. The molecule has 2 rings (SSSR count). The minimum absolute atomic E-state index is 0.0326. The first-order valence-corrected chi connectivity index (χ1v) is 6.39. The van der Waals surface area contributed by atoms with Crippen molar-refractivity contribution in [1.29, 1.82) is 0 Å². The van der Waals surface area contributed by atoms with Crippen LogP contribution >= 0.6 is 11.3 Å². The van der Waals surface area contributed by atoms with Crippen molar-refractivity contribution in [2.75, 3.05) is 25.6 Å². The summed E-state index contributed by atoms with van der Waals surface area (Å²) in [5, 5.41) is 7.14.